The summed E-state index contributed by atoms with van der Waals surface area (Å²) < 4.78 is 21.1. The Hall–Kier alpha value is -3.90. The van der Waals surface area contributed by atoms with Gasteiger partial charge in [-0.3, -0.25) is 9.69 Å². The lowest BCUT2D eigenvalue weighted by atomic mass is 10.0. The molecule has 37 heavy (non-hydrogen) atoms. The van der Waals surface area contributed by atoms with Gasteiger partial charge in [-0.05, 0) is 67.8 Å². The normalized spacial score (nSPS) is 14.5. The lowest BCUT2D eigenvalue weighted by Gasteiger charge is -2.32. The predicted molar refractivity (Wildman–Crippen MR) is 145 cm³/mol. The number of likely N-dealkylation sites (tertiary alicyclic amines) is 1. The monoisotopic (exact) mass is 497 g/mol. The van der Waals surface area contributed by atoms with Gasteiger partial charge in [-0.25, -0.2) is 4.39 Å². The van der Waals surface area contributed by atoms with Crippen molar-refractivity contribution in [3.05, 3.63) is 108 Å². The van der Waals surface area contributed by atoms with Crippen LogP contribution < -0.4 is 10.1 Å². The standard InChI is InChI=1S/C31H32FN3O2/c1-22-29(31(36)33-26-15-17-34(18-16-26)21-23-7-4-3-5-8-23)20-30(24-9-6-10-28(19-24)37-2)35(22)27-13-11-25(32)12-14-27/h3-14,19-20,26H,15-18,21H2,1-2H3,(H,33,36). The van der Waals surface area contributed by atoms with Gasteiger partial charge in [0.1, 0.15) is 11.6 Å². The summed E-state index contributed by atoms with van der Waals surface area (Å²) in [6.07, 6.45) is 1.83. The van der Waals surface area contributed by atoms with E-state index in [4.69, 9.17) is 4.74 Å². The second-order valence-electron chi connectivity index (χ2n) is 9.58. The fourth-order valence-electron chi connectivity index (χ4n) is 5.09. The third kappa shape index (κ3) is 5.59. The molecule has 0 unspecified atom stereocenters. The van der Waals surface area contributed by atoms with Gasteiger partial charge in [0, 0.05) is 42.6 Å². The highest BCUT2D eigenvalue weighted by atomic mass is 19.1. The van der Waals surface area contributed by atoms with Crippen molar-refractivity contribution >= 4 is 5.91 Å². The predicted octanol–water partition coefficient (Wildman–Crippen LogP) is 5.99. The van der Waals surface area contributed by atoms with E-state index in [-0.39, 0.29) is 17.8 Å². The average molecular weight is 498 g/mol. The van der Waals surface area contributed by atoms with Crippen molar-refractivity contribution in [1.29, 1.82) is 0 Å². The Kier molecular flexibility index (Phi) is 7.37. The summed E-state index contributed by atoms with van der Waals surface area (Å²) in [6.45, 7) is 4.77. The highest BCUT2D eigenvalue weighted by molar-refractivity contribution is 5.97. The van der Waals surface area contributed by atoms with E-state index in [0.29, 0.717) is 5.56 Å². The summed E-state index contributed by atoms with van der Waals surface area (Å²) in [5.74, 6) is 0.354. The smallest absolute Gasteiger partial charge is 0.253 e. The first kappa shape index (κ1) is 24.8. The van der Waals surface area contributed by atoms with Gasteiger partial charge in [0.2, 0.25) is 0 Å². The van der Waals surface area contributed by atoms with Crippen LogP contribution in [0, 0.1) is 12.7 Å². The molecule has 1 fully saturated rings. The first-order valence-electron chi connectivity index (χ1n) is 12.7. The van der Waals surface area contributed by atoms with E-state index in [0.717, 1.165) is 60.9 Å². The maximum atomic E-state index is 13.7. The van der Waals surface area contributed by atoms with Crippen LogP contribution in [0.4, 0.5) is 4.39 Å². The van der Waals surface area contributed by atoms with E-state index in [1.807, 2.05) is 47.9 Å². The maximum absolute atomic E-state index is 13.7. The van der Waals surface area contributed by atoms with Crippen LogP contribution in [0.15, 0.2) is 84.9 Å². The molecule has 5 rings (SSSR count). The number of ether oxygens (including phenoxy) is 1. The highest BCUT2D eigenvalue weighted by Gasteiger charge is 2.25. The number of nitrogens with zero attached hydrogens (tertiary/aromatic N) is 2. The molecule has 5 nitrogen and oxygen atoms in total. The molecule has 190 valence electrons. The Balaban J connectivity index is 1.36. The molecular formula is C31H32FN3O2. The van der Waals surface area contributed by atoms with Crippen LogP contribution in [0.5, 0.6) is 5.75 Å². The number of carbonyl (C=O) groups is 1. The minimum Gasteiger partial charge on any atom is -0.497 e. The minimum absolute atomic E-state index is 0.0796. The number of methoxy groups -OCH3 is 1. The number of benzene rings is 3. The van der Waals surface area contributed by atoms with Crippen LogP contribution in [0.1, 0.15) is 34.5 Å². The molecule has 0 aliphatic carbocycles. The van der Waals surface area contributed by atoms with Crippen molar-refractivity contribution in [3.63, 3.8) is 0 Å². The van der Waals surface area contributed by atoms with Crippen molar-refractivity contribution in [1.82, 2.24) is 14.8 Å². The molecule has 1 aliphatic rings. The van der Waals surface area contributed by atoms with Crippen molar-refractivity contribution in [3.8, 4) is 22.7 Å². The number of carbonyl (C=O) groups excluding carboxylic acids is 1. The van der Waals surface area contributed by atoms with Crippen LogP contribution in [0.3, 0.4) is 0 Å². The van der Waals surface area contributed by atoms with E-state index < -0.39 is 0 Å². The fraction of sp³-hybridized carbons (Fsp3) is 0.258. The largest absolute Gasteiger partial charge is 0.497 e. The third-order valence-corrected chi connectivity index (χ3v) is 7.11. The molecule has 1 aromatic heterocycles. The van der Waals surface area contributed by atoms with E-state index in [1.54, 1.807) is 19.2 Å². The van der Waals surface area contributed by atoms with Crippen molar-refractivity contribution in [2.24, 2.45) is 0 Å². The Bertz CT molecular complexity index is 1360. The van der Waals surface area contributed by atoms with Gasteiger partial charge >= 0.3 is 0 Å². The number of amides is 1. The van der Waals surface area contributed by atoms with Gasteiger partial charge in [-0.2, -0.15) is 0 Å². The minimum atomic E-state index is -0.298. The van der Waals surface area contributed by atoms with E-state index in [9.17, 15) is 9.18 Å². The Morgan fingerprint density at radius 2 is 1.70 bits per heavy atom. The van der Waals surface area contributed by atoms with Crippen molar-refractivity contribution < 1.29 is 13.9 Å². The number of aromatic nitrogens is 1. The third-order valence-electron chi connectivity index (χ3n) is 7.11. The van der Waals surface area contributed by atoms with Crippen LogP contribution in [-0.2, 0) is 6.54 Å². The molecule has 4 aromatic rings. The van der Waals surface area contributed by atoms with Crippen molar-refractivity contribution in [2.75, 3.05) is 20.2 Å². The van der Waals surface area contributed by atoms with Gasteiger partial charge in [0.15, 0.2) is 0 Å². The summed E-state index contributed by atoms with van der Waals surface area (Å²) >= 11 is 0. The average Bonchev–Trinajstić information content (AvgIpc) is 3.28. The molecule has 1 aliphatic heterocycles. The summed E-state index contributed by atoms with van der Waals surface area (Å²) in [4.78, 5) is 15.9. The molecule has 0 atom stereocenters. The summed E-state index contributed by atoms with van der Waals surface area (Å²) in [5, 5.41) is 3.27. The van der Waals surface area contributed by atoms with E-state index in [2.05, 4.69) is 34.5 Å². The Morgan fingerprint density at radius 1 is 0.973 bits per heavy atom. The van der Waals surface area contributed by atoms with Crippen LogP contribution in [0.2, 0.25) is 0 Å². The van der Waals surface area contributed by atoms with Gasteiger partial charge in [0.25, 0.3) is 5.91 Å². The van der Waals surface area contributed by atoms with Gasteiger partial charge < -0.3 is 14.6 Å². The molecule has 1 amide bonds. The van der Waals surface area contributed by atoms with Gasteiger partial charge in [-0.1, -0.05) is 42.5 Å². The number of hydrogen-bond donors (Lipinski definition) is 1. The highest BCUT2D eigenvalue weighted by Crippen LogP contribution is 2.32. The fourth-order valence-corrected chi connectivity index (χ4v) is 5.09. The summed E-state index contributed by atoms with van der Waals surface area (Å²) in [5.41, 5.74) is 5.31. The van der Waals surface area contributed by atoms with Crippen LogP contribution >= 0.6 is 0 Å². The molecule has 0 spiro atoms. The number of rotatable bonds is 7. The van der Waals surface area contributed by atoms with E-state index >= 15 is 0 Å². The second-order valence-corrected chi connectivity index (χ2v) is 9.58. The lowest BCUT2D eigenvalue weighted by molar-refractivity contribution is 0.0908. The molecule has 3 aromatic carbocycles. The van der Waals surface area contributed by atoms with Crippen LogP contribution in [-0.4, -0.2) is 41.6 Å². The zero-order valence-corrected chi connectivity index (χ0v) is 21.3. The van der Waals surface area contributed by atoms with E-state index in [1.165, 1.54) is 17.7 Å². The topological polar surface area (TPSA) is 46.5 Å². The lowest BCUT2D eigenvalue weighted by Crippen LogP contribution is -2.44. The molecular weight excluding hydrogens is 465 g/mol. The second kappa shape index (κ2) is 11.0. The first-order valence-corrected chi connectivity index (χ1v) is 12.7. The molecule has 2 heterocycles. The number of hydrogen-bond acceptors (Lipinski definition) is 3. The quantitative estimate of drug-likeness (QED) is 0.341. The SMILES string of the molecule is COc1cccc(-c2cc(C(=O)NC3CCN(Cc4ccccc4)CC3)c(C)n2-c2ccc(F)cc2)c1. The number of piperidine rings is 1. The first-order chi connectivity index (χ1) is 18.0. The van der Waals surface area contributed by atoms with Gasteiger partial charge in [-0.15, -0.1) is 0 Å². The summed E-state index contributed by atoms with van der Waals surface area (Å²) in [7, 11) is 1.63. The Labute approximate surface area is 217 Å². The Morgan fingerprint density at radius 3 is 2.41 bits per heavy atom. The van der Waals surface area contributed by atoms with Crippen LogP contribution in [0.25, 0.3) is 16.9 Å². The molecule has 1 saturated heterocycles. The maximum Gasteiger partial charge on any atom is 0.253 e. The number of nitrogens with one attached hydrogen (secondary N) is 1. The molecule has 0 radical (unpaired) electrons. The molecule has 0 saturated carbocycles. The molecule has 6 heteroatoms. The summed E-state index contributed by atoms with van der Waals surface area (Å²) in [6, 6.07) is 26.6. The molecule has 0 bridgehead atoms. The number of halogens is 1. The molecule has 1 N–H and O–H groups in total. The zero-order valence-electron chi connectivity index (χ0n) is 21.3. The van der Waals surface area contributed by atoms with Crippen molar-refractivity contribution in [2.45, 2.75) is 32.4 Å². The zero-order chi connectivity index (χ0) is 25.8. The van der Waals surface area contributed by atoms with Gasteiger partial charge in [0.05, 0.1) is 18.4 Å².